The lowest BCUT2D eigenvalue weighted by atomic mass is 9.97. The second-order valence-corrected chi connectivity index (χ2v) is 6.12. The normalized spacial score (nSPS) is 17.3. The van der Waals surface area contributed by atoms with E-state index < -0.39 is 0 Å². The summed E-state index contributed by atoms with van der Waals surface area (Å²) in [7, 11) is 0. The largest absolute Gasteiger partial charge is 0.370 e. The summed E-state index contributed by atoms with van der Waals surface area (Å²) in [4.78, 5) is 9.05. The molecular formula is C15H26N4S. The summed E-state index contributed by atoms with van der Waals surface area (Å²) in [5.41, 5.74) is 0. The molecule has 0 aliphatic heterocycles. The Bertz CT molecular complexity index is 403. The summed E-state index contributed by atoms with van der Waals surface area (Å²) in [6.45, 7) is 2.97. The number of hydrogen-bond donors (Lipinski definition) is 2. The van der Waals surface area contributed by atoms with Gasteiger partial charge in [0.2, 0.25) is 0 Å². The molecular weight excluding hydrogens is 268 g/mol. The smallest absolute Gasteiger partial charge is 0.191 e. The third kappa shape index (κ3) is 4.85. The first kappa shape index (κ1) is 15.4. The SMILES string of the molecule is CCNc1cc(NC2CCCCCCC2)nc(SC)n1. The Balaban J connectivity index is 2.04. The predicted octanol–water partition coefficient (Wildman–Crippen LogP) is 4.16. The number of nitrogens with one attached hydrogen (secondary N) is 2. The minimum absolute atomic E-state index is 0.564. The highest BCUT2D eigenvalue weighted by atomic mass is 32.2. The van der Waals surface area contributed by atoms with E-state index >= 15 is 0 Å². The number of nitrogens with zero attached hydrogens (tertiary/aromatic N) is 2. The van der Waals surface area contributed by atoms with Crippen molar-refractivity contribution in [3.8, 4) is 0 Å². The first-order chi connectivity index (χ1) is 9.81. The molecule has 1 aliphatic rings. The zero-order chi connectivity index (χ0) is 14.2. The van der Waals surface area contributed by atoms with Gasteiger partial charge in [0.25, 0.3) is 0 Å². The Hall–Kier alpha value is -0.970. The van der Waals surface area contributed by atoms with Crippen molar-refractivity contribution in [3.05, 3.63) is 6.07 Å². The fourth-order valence-corrected chi connectivity index (χ4v) is 3.05. The highest BCUT2D eigenvalue weighted by Gasteiger charge is 2.13. The first-order valence-electron chi connectivity index (χ1n) is 7.75. The average molecular weight is 294 g/mol. The Labute approximate surface area is 126 Å². The van der Waals surface area contributed by atoms with Crippen molar-refractivity contribution in [3.63, 3.8) is 0 Å². The third-order valence-electron chi connectivity index (χ3n) is 3.70. The number of hydrogen-bond acceptors (Lipinski definition) is 5. The lowest BCUT2D eigenvalue weighted by molar-refractivity contribution is 0.470. The molecule has 1 heterocycles. The van der Waals surface area contributed by atoms with Crippen LogP contribution in [0.1, 0.15) is 51.9 Å². The van der Waals surface area contributed by atoms with E-state index in [2.05, 4.69) is 27.5 Å². The van der Waals surface area contributed by atoms with Crippen molar-refractivity contribution in [2.45, 2.75) is 63.1 Å². The molecule has 0 bridgehead atoms. The molecule has 1 aromatic rings. The van der Waals surface area contributed by atoms with Crippen LogP contribution in [0.5, 0.6) is 0 Å². The van der Waals surface area contributed by atoms with E-state index in [0.29, 0.717) is 6.04 Å². The summed E-state index contributed by atoms with van der Waals surface area (Å²) < 4.78 is 0. The van der Waals surface area contributed by atoms with Gasteiger partial charge in [-0.2, -0.15) is 0 Å². The fraction of sp³-hybridized carbons (Fsp3) is 0.733. The second-order valence-electron chi connectivity index (χ2n) is 5.34. The maximum absolute atomic E-state index is 4.58. The summed E-state index contributed by atoms with van der Waals surface area (Å²) in [6.07, 6.45) is 11.4. The van der Waals surface area contributed by atoms with Crippen molar-refractivity contribution in [1.82, 2.24) is 9.97 Å². The van der Waals surface area contributed by atoms with Crippen LogP contribution in [0, 0.1) is 0 Å². The monoisotopic (exact) mass is 294 g/mol. The zero-order valence-corrected chi connectivity index (χ0v) is 13.4. The molecule has 0 aromatic carbocycles. The molecule has 5 heteroatoms. The van der Waals surface area contributed by atoms with Gasteiger partial charge in [-0.3, -0.25) is 0 Å². The molecule has 2 N–H and O–H groups in total. The standard InChI is InChI=1S/C15H26N4S/c1-3-16-13-11-14(19-15(18-13)20-2)17-12-9-7-5-4-6-8-10-12/h11-12H,3-10H2,1-2H3,(H2,16,17,18,19). The highest BCUT2D eigenvalue weighted by molar-refractivity contribution is 7.98. The maximum Gasteiger partial charge on any atom is 0.191 e. The summed E-state index contributed by atoms with van der Waals surface area (Å²) in [5.74, 6) is 1.88. The van der Waals surface area contributed by atoms with Crippen LogP contribution < -0.4 is 10.6 Å². The molecule has 0 unspecified atom stereocenters. The van der Waals surface area contributed by atoms with E-state index in [9.17, 15) is 0 Å². The average Bonchev–Trinajstić information content (AvgIpc) is 2.42. The van der Waals surface area contributed by atoms with Gasteiger partial charge in [0.15, 0.2) is 5.16 Å². The van der Waals surface area contributed by atoms with Gasteiger partial charge in [0.1, 0.15) is 11.6 Å². The molecule has 112 valence electrons. The topological polar surface area (TPSA) is 49.8 Å². The van der Waals surface area contributed by atoms with E-state index in [4.69, 9.17) is 0 Å². The molecule has 2 rings (SSSR count). The molecule has 4 nitrogen and oxygen atoms in total. The lowest BCUT2D eigenvalue weighted by Gasteiger charge is -2.22. The van der Waals surface area contributed by atoms with E-state index in [1.807, 2.05) is 12.3 Å². The minimum Gasteiger partial charge on any atom is -0.370 e. The molecule has 20 heavy (non-hydrogen) atoms. The van der Waals surface area contributed by atoms with Gasteiger partial charge in [0, 0.05) is 18.7 Å². The van der Waals surface area contributed by atoms with Gasteiger partial charge >= 0.3 is 0 Å². The van der Waals surface area contributed by atoms with Gasteiger partial charge in [0.05, 0.1) is 0 Å². The van der Waals surface area contributed by atoms with E-state index in [0.717, 1.165) is 23.3 Å². The molecule has 1 aliphatic carbocycles. The van der Waals surface area contributed by atoms with Crippen LogP contribution in [0.15, 0.2) is 11.2 Å². The van der Waals surface area contributed by atoms with Crippen LogP contribution >= 0.6 is 11.8 Å². The Morgan fingerprint density at radius 1 is 1.10 bits per heavy atom. The molecule has 1 fully saturated rings. The number of thioether (sulfide) groups is 1. The van der Waals surface area contributed by atoms with Crippen LogP contribution in [-0.4, -0.2) is 28.8 Å². The van der Waals surface area contributed by atoms with Gasteiger partial charge < -0.3 is 10.6 Å². The van der Waals surface area contributed by atoms with Gasteiger partial charge in [-0.1, -0.05) is 43.9 Å². The third-order valence-corrected chi connectivity index (χ3v) is 4.25. The van der Waals surface area contributed by atoms with Crippen molar-refractivity contribution in [1.29, 1.82) is 0 Å². The lowest BCUT2D eigenvalue weighted by Crippen LogP contribution is -2.21. The first-order valence-corrected chi connectivity index (χ1v) is 8.97. The summed E-state index contributed by atoms with van der Waals surface area (Å²) >= 11 is 1.59. The number of rotatable bonds is 5. The van der Waals surface area contributed by atoms with Gasteiger partial charge in [-0.05, 0) is 26.0 Å². The van der Waals surface area contributed by atoms with Crippen LogP contribution in [-0.2, 0) is 0 Å². The van der Waals surface area contributed by atoms with E-state index in [1.54, 1.807) is 11.8 Å². The van der Waals surface area contributed by atoms with E-state index in [1.165, 1.54) is 44.9 Å². The minimum atomic E-state index is 0.564. The van der Waals surface area contributed by atoms with Crippen LogP contribution in [0.25, 0.3) is 0 Å². The van der Waals surface area contributed by atoms with Crippen molar-refractivity contribution < 1.29 is 0 Å². The summed E-state index contributed by atoms with van der Waals surface area (Å²) in [6, 6.07) is 2.59. The van der Waals surface area contributed by atoms with Crippen LogP contribution in [0.4, 0.5) is 11.6 Å². The number of aromatic nitrogens is 2. The van der Waals surface area contributed by atoms with Crippen LogP contribution in [0.2, 0.25) is 0 Å². The van der Waals surface area contributed by atoms with Crippen molar-refractivity contribution in [2.75, 3.05) is 23.4 Å². The Kier molecular flexibility index (Phi) is 6.43. The molecule has 1 saturated carbocycles. The molecule has 1 aromatic heterocycles. The number of anilines is 2. The van der Waals surface area contributed by atoms with E-state index in [-0.39, 0.29) is 0 Å². The van der Waals surface area contributed by atoms with Crippen molar-refractivity contribution >= 4 is 23.4 Å². The van der Waals surface area contributed by atoms with Crippen molar-refractivity contribution in [2.24, 2.45) is 0 Å². The fourth-order valence-electron chi connectivity index (χ4n) is 2.67. The predicted molar refractivity (Wildman–Crippen MR) is 87.7 cm³/mol. The molecule has 0 atom stereocenters. The Morgan fingerprint density at radius 2 is 1.75 bits per heavy atom. The van der Waals surface area contributed by atoms with Gasteiger partial charge in [-0.25, -0.2) is 9.97 Å². The molecule has 0 amide bonds. The maximum atomic E-state index is 4.58. The quantitative estimate of drug-likeness (QED) is 0.631. The van der Waals surface area contributed by atoms with Crippen LogP contribution in [0.3, 0.4) is 0 Å². The van der Waals surface area contributed by atoms with Gasteiger partial charge in [-0.15, -0.1) is 0 Å². The molecule has 0 saturated heterocycles. The molecule has 0 radical (unpaired) electrons. The second kappa shape index (κ2) is 8.35. The Morgan fingerprint density at radius 3 is 2.40 bits per heavy atom. The highest BCUT2D eigenvalue weighted by Crippen LogP contribution is 2.22. The summed E-state index contributed by atoms with van der Waals surface area (Å²) in [5, 5.41) is 7.73. The molecule has 0 spiro atoms. The zero-order valence-electron chi connectivity index (χ0n) is 12.6.